The highest BCUT2D eigenvalue weighted by molar-refractivity contribution is 5.86. The molecular formula is C15H28N2O3. The number of ether oxygens (including phenoxy) is 1. The van der Waals surface area contributed by atoms with Crippen molar-refractivity contribution in [2.24, 2.45) is 0 Å². The van der Waals surface area contributed by atoms with Crippen LogP contribution in [0.2, 0.25) is 0 Å². The Hall–Kier alpha value is -1.52. The molecule has 0 bridgehead atoms. The van der Waals surface area contributed by atoms with E-state index in [1.54, 1.807) is 6.92 Å². The zero-order valence-electron chi connectivity index (χ0n) is 12.8. The van der Waals surface area contributed by atoms with Crippen LogP contribution in [-0.2, 0) is 9.53 Å². The molecule has 0 aliphatic heterocycles. The molecule has 0 fully saturated rings. The van der Waals surface area contributed by atoms with Gasteiger partial charge in [-0.1, -0.05) is 45.6 Å². The fourth-order valence-corrected chi connectivity index (χ4v) is 1.60. The molecule has 0 aromatic heterocycles. The molecule has 0 rings (SSSR count). The van der Waals surface area contributed by atoms with Crippen molar-refractivity contribution in [1.29, 1.82) is 0 Å². The van der Waals surface area contributed by atoms with Gasteiger partial charge in [-0.25, -0.2) is 9.59 Å². The van der Waals surface area contributed by atoms with Crippen molar-refractivity contribution in [3.8, 4) is 0 Å². The number of carbonyl (C=O) groups excluding carboxylic acids is 2. The first-order valence-corrected chi connectivity index (χ1v) is 7.42. The van der Waals surface area contributed by atoms with E-state index in [1.165, 1.54) is 25.7 Å². The van der Waals surface area contributed by atoms with Gasteiger partial charge in [-0.3, -0.25) is 0 Å². The lowest BCUT2D eigenvalue weighted by molar-refractivity contribution is -0.138. The Labute approximate surface area is 122 Å². The summed E-state index contributed by atoms with van der Waals surface area (Å²) in [7, 11) is 0. The molecule has 0 atom stereocenters. The number of rotatable bonds is 11. The minimum absolute atomic E-state index is 0.163. The summed E-state index contributed by atoms with van der Waals surface area (Å²) in [5, 5.41) is 5.41. The maximum atomic E-state index is 11.4. The Morgan fingerprint density at radius 1 is 1.00 bits per heavy atom. The van der Waals surface area contributed by atoms with Crippen molar-refractivity contribution in [2.45, 2.75) is 52.4 Å². The van der Waals surface area contributed by atoms with Gasteiger partial charge >= 0.3 is 12.0 Å². The van der Waals surface area contributed by atoms with E-state index in [9.17, 15) is 9.59 Å². The number of amides is 2. The predicted octanol–water partition coefficient (Wildman–Crippen LogP) is 2.77. The van der Waals surface area contributed by atoms with E-state index in [0.717, 1.165) is 12.8 Å². The zero-order chi connectivity index (χ0) is 15.2. The third kappa shape index (κ3) is 11.6. The molecule has 0 radical (unpaired) electrons. The average molecular weight is 284 g/mol. The number of hydrogen-bond donors (Lipinski definition) is 2. The van der Waals surface area contributed by atoms with Gasteiger partial charge in [0.25, 0.3) is 0 Å². The lowest BCUT2D eigenvalue weighted by Crippen LogP contribution is -2.38. The number of nitrogens with one attached hydrogen (secondary N) is 2. The molecule has 0 saturated carbocycles. The summed E-state index contributed by atoms with van der Waals surface area (Å²) in [4.78, 5) is 22.4. The second-order valence-corrected chi connectivity index (χ2v) is 4.87. The van der Waals surface area contributed by atoms with Crippen LogP contribution in [0.4, 0.5) is 4.79 Å². The Morgan fingerprint density at radius 3 is 2.25 bits per heavy atom. The van der Waals surface area contributed by atoms with Crippen LogP contribution >= 0.6 is 0 Å². The second-order valence-electron chi connectivity index (χ2n) is 4.87. The molecule has 20 heavy (non-hydrogen) atoms. The van der Waals surface area contributed by atoms with Crippen LogP contribution < -0.4 is 10.6 Å². The third-order valence-corrected chi connectivity index (χ3v) is 2.79. The van der Waals surface area contributed by atoms with Crippen LogP contribution in [0.3, 0.4) is 0 Å². The highest BCUT2D eigenvalue weighted by Crippen LogP contribution is 2.03. The summed E-state index contributed by atoms with van der Waals surface area (Å²) >= 11 is 0. The number of unbranched alkanes of at least 4 members (excludes halogenated alkanes) is 5. The van der Waals surface area contributed by atoms with E-state index in [4.69, 9.17) is 4.74 Å². The topological polar surface area (TPSA) is 67.4 Å². The van der Waals surface area contributed by atoms with Gasteiger partial charge in [-0.05, 0) is 13.3 Å². The fraction of sp³-hybridized carbons (Fsp3) is 0.733. The summed E-state index contributed by atoms with van der Waals surface area (Å²) in [6.07, 6.45) is 7.19. The molecule has 0 aliphatic rings. The first-order valence-electron chi connectivity index (χ1n) is 7.42. The number of urea groups is 1. The Bertz CT molecular complexity index is 303. The quantitative estimate of drug-likeness (QED) is 0.348. The monoisotopic (exact) mass is 284 g/mol. The molecule has 0 aliphatic carbocycles. The van der Waals surface area contributed by atoms with Gasteiger partial charge in [-0.2, -0.15) is 0 Å². The van der Waals surface area contributed by atoms with Gasteiger partial charge in [0.1, 0.15) is 6.61 Å². The van der Waals surface area contributed by atoms with Gasteiger partial charge < -0.3 is 15.4 Å². The Morgan fingerprint density at radius 2 is 1.60 bits per heavy atom. The van der Waals surface area contributed by atoms with Crippen molar-refractivity contribution < 1.29 is 14.3 Å². The molecular weight excluding hydrogens is 256 g/mol. The first kappa shape index (κ1) is 18.5. The molecule has 0 unspecified atom stereocenters. The first-order chi connectivity index (χ1) is 9.57. The van der Waals surface area contributed by atoms with Gasteiger partial charge in [0.2, 0.25) is 0 Å². The normalized spacial score (nSPS) is 9.90. The number of hydrogen-bond acceptors (Lipinski definition) is 3. The van der Waals surface area contributed by atoms with E-state index in [2.05, 4.69) is 24.1 Å². The molecule has 2 N–H and O–H groups in total. The summed E-state index contributed by atoms with van der Waals surface area (Å²) in [6, 6.07) is -0.218. The van der Waals surface area contributed by atoms with Crippen LogP contribution in [0.5, 0.6) is 0 Å². The second kappa shape index (κ2) is 12.5. The van der Waals surface area contributed by atoms with Crippen LogP contribution in [0, 0.1) is 0 Å². The van der Waals surface area contributed by atoms with Crippen molar-refractivity contribution in [2.75, 3.05) is 19.7 Å². The number of carbonyl (C=O) groups is 2. The molecule has 5 heteroatoms. The molecule has 0 aromatic rings. The van der Waals surface area contributed by atoms with Crippen molar-refractivity contribution in [1.82, 2.24) is 10.6 Å². The summed E-state index contributed by atoms with van der Waals surface area (Å²) in [5.74, 6) is -0.431. The zero-order valence-corrected chi connectivity index (χ0v) is 12.8. The highest BCUT2D eigenvalue weighted by atomic mass is 16.5. The van der Waals surface area contributed by atoms with E-state index >= 15 is 0 Å². The summed E-state index contributed by atoms with van der Waals surface area (Å²) < 4.78 is 4.85. The molecule has 2 amide bonds. The SMILES string of the molecule is C=C(C)C(=O)OCCNC(=O)NCCCCCCCC. The lowest BCUT2D eigenvalue weighted by Gasteiger charge is -2.08. The van der Waals surface area contributed by atoms with E-state index in [0.29, 0.717) is 18.7 Å². The van der Waals surface area contributed by atoms with Gasteiger partial charge in [-0.15, -0.1) is 0 Å². The third-order valence-electron chi connectivity index (χ3n) is 2.79. The fourth-order valence-electron chi connectivity index (χ4n) is 1.60. The predicted molar refractivity (Wildman–Crippen MR) is 80.6 cm³/mol. The standard InChI is InChI=1S/C15H28N2O3/c1-4-5-6-7-8-9-10-16-15(19)17-11-12-20-14(18)13(2)3/h2,4-12H2,1,3H3,(H2,16,17,19). The smallest absolute Gasteiger partial charge is 0.333 e. The molecule has 116 valence electrons. The van der Waals surface area contributed by atoms with Crippen LogP contribution in [0.25, 0.3) is 0 Å². The van der Waals surface area contributed by atoms with E-state index < -0.39 is 5.97 Å². The van der Waals surface area contributed by atoms with Gasteiger partial charge in [0.05, 0.1) is 6.54 Å². The van der Waals surface area contributed by atoms with Crippen LogP contribution in [0.15, 0.2) is 12.2 Å². The lowest BCUT2D eigenvalue weighted by atomic mass is 10.1. The molecule has 0 spiro atoms. The Kier molecular flexibility index (Phi) is 11.6. The molecule has 5 nitrogen and oxygen atoms in total. The number of esters is 1. The van der Waals surface area contributed by atoms with Crippen molar-refractivity contribution in [3.05, 3.63) is 12.2 Å². The van der Waals surface area contributed by atoms with Gasteiger partial charge in [0.15, 0.2) is 0 Å². The molecule has 0 saturated heterocycles. The maximum absolute atomic E-state index is 11.4. The maximum Gasteiger partial charge on any atom is 0.333 e. The summed E-state index contributed by atoms with van der Waals surface area (Å²) in [6.45, 7) is 8.41. The van der Waals surface area contributed by atoms with Gasteiger partial charge in [0, 0.05) is 12.1 Å². The minimum atomic E-state index is -0.431. The largest absolute Gasteiger partial charge is 0.460 e. The average Bonchev–Trinajstić information content (AvgIpc) is 2.42. The van der Waals surface area contributed by atoms with E-state index in [1.807, 2.05) is 0 Å². The highest BCUT2D eigenvalue weighted by Gasteiger charge is 2.03. The van der Waals surface area contributed by atoms with Crippen LogP contribution in [-0.4, -0.2) is 31.7 Å². The minimum Gasteiger partial charge on any atom is -0.460 e. The molecule has 0 aromatic carbocycles. The molecule has 0 heterocycles. The van der Waals surface area contributed by atoms with E-state index in [-0.39, 0.29) is 12.6 Å². The summed E-state index contributed by atoms with van der Waals surface area (Å²) in [5.41, 5.74) is 0.359. The van der Waals surface area contributed by atoms with Crippen molar-refractivity contribution in [3.63, 3.8) is 0 Å². The van der Waals surface area contributed by atoms with Crippen LogP contribution in [0.1, 0.15) is 52.4 Å². The van der Waals surface area contributed by atoms with Crippen molar-refractivity contribution >= 4 is 12.0 Å². The Balaban J connectivity index is 3.33.